The number of aryl methyl sites for hydroxylation is 1. The Bertz CT molecular complexity index is 899. The predicted molar refractivity (Wildman–Crippen MR) is 140 cm³/mol. The van der Waals surface area contributed by atoms with E-state index in [0.717, 1.165) is 49.4 Å². The van der Waals surface area contributed by atoms with Gasteiger partial charge in [0.25, 0.3) is 0 Å². The largest absolute Gasteiger partial charge is 0.461 e. The van der Waals surface area contributed by atoms with Gasteiger partial charge in [-0.1, -0.05) is 38.0 Å². The summed E-state index contributed by atoms with van der Waals surface area (Å²) in [7, 11) is 0. The first-order valence-corrected chi connectivity index (χ1v) is 14.2. The summed E-state index contributed by atoms with van der Waals surface area (Å²) in [6.45, 7) is 5.48. The second kappa shape index (κ2) is 13.9. The summed E-state index contributed by atoms with van der Waals surface area (Å²) < 4.78 is 11.3. The van der Waals surface area contributed by atoms with Crippen molar-refractivity contribution >= 4 is 23.6 Å². The summed E-state index contributed by atoms with van der Waals surface area (Å²) in [5, 5.41) is 44.9. The van der Waals surface area contributed by atoms with Gasteiger partial charge >= 0.3 is 5.97 Å². The lowest BCUT2D eigenvalue weighted by atomic mass is 9.91. The number of hydrogen-bond acceptors (Lipinski definition) is 9. The van der Waals surface area contributed by atoms with Crippen molar-refractivity contribution in [2.45, 2.75) is 94.9 Å². The maximum atomic E-state index is 13.0. The highest BCUT2D eigenvalue weighted by Gasteiger charge is 2.48. The lowest BCUT2D eigenvalue weighted by Crippen LogP contribution is -2.65. The number of rotatable bonds is 11. The second-order valence-corrected chi connectivity index (χ2v) is 11.4. The van der Waals surface area contributed by atoms with Crippen molar-refractivity contribution in [1.82, 2.24) is 5.32 Å². The fourth-order valence-corrected chi connectivity index (χ4v) is 6.21. The van der Waals surface area contributed by atoms with E-state index in [1.807, 2.05) is 19.1 Å². The normalized spacial score (nSPS) is 31.5. The molecule has 1 aliphatic carbocycles. The minimum Gasteiger partial charge on any atom is -0.461 e. The Labute approximate surface area is 222 Å². The molecule has 1 saturated heterocycles. The molecule has 3 rings (SSSR count). The number of nitrogens with one attached hydrogen (secondary N) is 1. The van der Waals surface area contributed by atoms with E-state index in [2.05, 4.69) is 12.2 Å². The molecule has 1 aromatic carbocycles. The molecule has 9 nitrogen and oxygen atoms in total. The summed E-state index contributed by atoms with van der Waals surface area (Å²) in [6, 6.07) is 6.11. The van der Waals surface area contributed by atoms with Crippen molar-refractivity contribution in [3.05, 3.63) is 35.4 Å². The van der Waals surface area contributed by atoms with Crippen LogP contribution in [0.25, 0.3) is 0 Å². The fraction of sp³-hybridized carbons (Fsp3) is 0.704. The molecule has 9 atom stereocenters. The smallest absolute Gasteiger partial charge is 0.338 e. The molecule has 2 fully saturated rings. The lowest BCUT2D eigenvalue weighted by molar-refractivity contribution is -0.211. The Hall–Kier alpha value is -1.69. The molecule has 1 aliphatic heterocycles. The number of thioether (sulfide) groups is 1. The van der Waals surface area contributed by atoms with Crippen LogP contribution in [0, 0.1) is 18.8 Å². The van der Waals surface area contributed by atoms with Crippen LogP contribution in [0.4, 0.5) is 0 Å². The van der Waals surface area contributed by atoms with Gasteiger partial charge in [-0.05, 0) is 50.7 Å². The van der Waals surface area contributed by atoms with Gasteiger partial charge in [0, 0.05) is 11.7 Å². The van der Waals surface area contributed by atoms with Gasteiger partial charge in [0.1, 0.15) is 36.5 Å². The molecule has 5 N–H and O–H groups in total. The number of amides is 1. The molecular weight excluding hydrogens is 498 g/mol. The number of benzene rings is 1. The fourth-order valence-electron chi connectivity index (χ4n) is 5.23. The highest BCUT2D eigenvalue weighted by Crippen LogP contribution is 2.35. The number of aliphatic hydroxyl groups is 4. The summed E-state index contributed by atoms with van der Waals surface area (Å²) in [4.78, 5) is 25.3. The van der Waals surface area contributed by atoms with Gasteiger partial charge in [0.2, 0.25) is 5.91 Å². The topological polar surface area (TPSA) is 146 Å². The molecule has 10 heteroatoms. The molecule has 0 aromatic heterocycles. The van der Waals surface area contributed by atoms with Crippen LogP contribution in [0.3, 0.4) is 0 Å². The molecule has 1 saturated carbocycles. The van der Waals surface area contributed by atoms with E-state index >= 15 is 0 Å². The second-order valence-electron chi connectivity index (χ2n) is 10.2. The lowest BCUT2D eigenvalue weighted by Gasteiger charge is -2.44. The van der Waals surface area contributed by atoms with E-state index in [9.17, 15) is 30.0 Å². The van der Waals surface area contributed by atoms with Gasteiger partial charge in [-0.2, -0.15) is 0 Å². The Balaban J connectivity index is 1.57. The van der Waals surface area contributed by atoms with Gasteiger partial charge in [0.15, 0.2) is 0 Å². The third-order valence-corrected chi connectivity index (χ3v) is 8.48. The van der Waals surface area contributed by atoms with Crippen LogP contribution in [0.15, 0.2) is 24.3 Å². The molecule has 1 amide bonds. The number of carbonyl (C=O) groups excluding carboxylic acids is 2. The van der Waals surface area contributed by atoms with Crippen LogP contribution in [0.5, 0.6) is 0 Å². The van der Waals surface area contributed by atoms with Crippen molar-refractivity contribution in [1.29, 1.82) is 0 Å². The number of aliphatic hydroxyl groups excluding tert-OH is 4. The zero-order chi connectivity index (χ0) is 27.1. The predicted octanol–water partition coefficient (Wildman–Crippen LogP) is 1.77. The first kappa shape index (κ1) is 29.9. The molecule has 208 valence electrons. The molecular formula is C27H41NO8S. The average molecular weight is 540 g/mol. The Kier molecular flexibility index (Phi) is 11.2. The Morgan fingerprint density at radius 1 is 1.16 bits per heavy atom. The van der Waals surface area contributed by atoms with Crippen LogP contribution >= 0.6 is 11.8 Å². The van der Waals surface area contributed by atoms with Crippen molar-refractivity contribution in [3.8, 4) is 0 Å². The van der Waals surface area contributed by atoms with Crippen LogP contribution in [-0.4, -0.2) is 86.7 Å². The van der Waals surface area contributed by atoms with E-state index in [0.29, 0.717) is 11.5 Å². The summed E-state index contributed by atoms with van der Waals surface area (Å²) in [5.74, 6) is -0.0426. The van der Waals surface area contributed by atoms with Crippen LogP contribution in [0.2, 0.25) is 0 Å². The minimum absolute atomic E-state index is 0.0465. The van der Waals surface area contributed by atoms with Crippen LogP contribution in [0.1, 0.15) is 61.9 Å². The third kappa shape index (κ3) is 7.68. The Morgan fingerprint density at radius 3 is 2.57 bits per heavy atom. The molecule has 0 unspecified atom stereocenters. The number of ether oxygens (including phenoxy) is 2. The van der Waals surface area contributed by atoms with Gasteiger partial charge in [0.05, 0.1) is 17.7 Å². The Morgan fingerprint density at radius 2 is 1.89 bits per heavy atom. The van der Waals surface area contributed by atoms with Gasteiger partial charge in [-0.15, -0.1) is 11.8 Å². The molecule has 0 bridgehead atoms. The van der Waals surface area contributed by atoms with E-state index in [-0.39, 0.29) is 24.2 Å². The summed E-state index contributed by atoms with van der Waals surface area (Å²) >= 11 is 1.12. The SMILES string of the molecule is CCC[C@H]1CC[C@H](C(=O)N[C@@H]([C@H]2O[C@H](SCCOC(=O)c3ccccc3C)[C@H](O)[C@@H](O)[C@H]2O)[C@@H](C)O)C1. The standard InChI is InChI=1S/C27H41NO8S/c1-4-7-17-10-11-18(14-17)25(33)28-20(16(3)29)24-22(31)21(30)23(32)27(36-24)37-13-12-35-26(34)19-9-6-5-8-15(19)2/h5-6,8-9,16-18,20-24,27,29-32H,4,7,10-14H2,1-3H3,(H,28,33)/t16-,17+,18+,20-,21+,22-,23-,24-,27-/m1/s1. The van der Waals surface area contributed by atoms with Crippen molar-refractivity contribution in [2.75, 3.05) is 12.4 Å². The third-order valence-electron chi connectivity index (χ3n) is 7.36. The summed E-state index contributed by atoms with van der Waals surface area (Å²) in [5.41, 5.74) is 0.314. The number of hydrogen-bond donors (Lipinski definition) is 5. The van der Waals surface area contributed by atoms with E-state index < -0.39 is 48.0 Å². The average Bonchev–Trinajstić information content (AvgIpc) is 3.34. The zero-order valence-corrected chi connectivity index (χ0v) is 22.6. The van der Waals surface area contributed by atoms with E-state index in [4.69, 9.17) is 9.47 Å². The molecule has 0 radical (unpaired) electrons. The zero-order valence-electron chi connectivity index (χ0n) is 21.8. The molecule has 0 spiro atoms. The number of carbonyl (C=O) groups is 2. The van der Waals surface area contributed by atoms with Crippen molar-refractivity contribution in [2.24, 2.45) is 11.8 Å². The highest BCUT2D eigenvalue weighted by atomic mass is 32.2. The van der Waals surface area contributed by atoms with Crippen LogP contribution in [-0.2, 0) is 14.3 Å². The minimum atomic E-state index is -1.54. The first-order chi connectivity index (χ1) is 17.6. The maximum absolute atomic E-state index is 13.0. The molecule has 37 heavy (non-hydrogen) atoms. The molecule has 1 aromatic rings. The van der Waals surface area contributed by atoms with Gasteiger partial charge < -0.3 is 35.2 Å². The van der Waals surface area contributed by atoms with Crippen LogP contribution < -0.4 is 5.32 Å². The monoisotopic (exact) mass is 539 g/mol. The van der Waals surface area contributed by atoms with E-state index in [1.165, 1.54) is 6.92 Å². The first-order valence-electron chi connectivity index (χ1n) is 13.2. The van der Waals surface area contributed by atoms with Gasteiger partial charge in [-0.3, -0.25) is 4.79 Å². The number of esters is 1. The van der Waals surface area contributed by atoms with Crippen molar-refractivity contribution in [3.63, 3.8) is 0 Å². The maximum Gasteiger partial charge on any atom is 0.338 e. The van der Waals surface area contributed by atoms with E-state index in [1.54, 1.807) is 12.1 Å². The highest BCUT2D eigenvalue weighted by molar-refractivity contribution is 7.99. The quantitative estimate of drug-likeness (QED) is 0.210. The molecule has 1 heterocycles. The molecule has 2 aliphatic rings. The van der Waals surface area contributed by atoms with Gasteiger partial charge in [-0.25, -0.2) is 4.79 Å². The summed E-state index contributed by atoms with van der Waals surface area (Å²) in [6.07, 6.45) is -1.95. The van der Waals surface area contributed by atoms with Crippen molar-refractivity contribution < 1.29 is 39.5 Å².